The number of ether oxygens (including phenoxy) is 1. The zero-order valence-electron chi connectivity index (χ0n) is 13.3. The molecule has 1 aromatic carbocycles. The highest BCUT2D eigenvalue weighted by atomic mass is 16.5. The summed E-state index contributed by atoms with van der Waals surface area (Å²) in [6.07, 6.45) is 2.44. The van der Waals surface area contributed by atoms with Crippen molar-refractivity contribution < 1.29 is 14.4 Å². The van der Waals surface area contributed by atoms with Gasteiger partial charge in [0.2, 0.25) is 0 Å². The Morgan fingerprint density at radius 1 is 1.33 bits per heavy atom. The maximum Gasteiger partial charge on any atom is 0.282 e. The lowest BCUT2D eigenvalue weighted by atomic mass is 9.98. The molecule has 1 saturated heterocycles. The molecular weight excluding hydrogens is 264 g/mol. The number of carbonyl (C=O) groups excluding carboxylic acids is 1. The van der Waals surface area contributed by atoms with E-state index in [1.54, 1.807) is 0 Å². The van der Waals surface area contributed by atoms with Crippen molar-refractivity contribution >= 4 is 11.6 Å². The van der Waals surface area contributed by atoms with Gasteiger partial charge in [0.05, 0.1) is 19.7 Å². The summed E-state index contributed by atoms with van der Waals surface area (Å²) in [5, 5.41) is 3.00. The Balaban J connectivity index is 1.88. The molecule has 0 aliphatic carbocycles. The molecule has 0 radical (unpaired) electrons. The van der Waals surface area contributed by atoms with Gasteiger partial charge in [0.1, 0.15) is 5.75 Å². The average Bonchev–Trinajstić information content (AvgIpc) is 2.49. The summed E-state index contributed by atoms with van der Waals surface area (Å²) in [6, 6.07) is 7.56. The first-order valence-corrected chi connectivity index (χ1v) is 7.98. The van der Waals surface area contributed by atoms with E-state index in [1.807, 2.05) is 38.1 Å². The van der Waals surface area contributed by atoms with Gasteiger partial charge in [-0.25, -0.2) is 0 Å². The Kier molecular flexibility index (Phi) is 5.62. The fraction of sp³-hybridized carbons (Fsp3) is 0.588. The van der Waals surface area contributed by atoms with Crippen LogP contribution in [0.4, 0.5) is 5.69 Å². The highest BCUT2D eigenvalue weighted by molar-refractivity contribution is 5.93. The Bertz CT molecular complexity index is 450. The third kappa shape index (κ3) is 4.46. The van der Waals surface area contributed by atoms with Gasteiger partial charge < -0.3 is 15.0 Å². The van der Waals surface area contributed by atoms with Crippen LogP contribution in [0.1, 0.15) is 33.6 Å². The number of likely N-dealkylation sites (tertiary alicyclic amines) is 1. The van der Waals surface area contributed by atoms with Crippen molar-refractivity contribution in [2.75, 3.05) is 25.0 Å². The SMILES string of the molecule is CCOc1ccc(NC(=O)[C@H](C)[NH+]2CCC(C)CC2)cc1. The quantitative estimate of drug-likeness (QED) is 0.867. The molecule has 0 spiro atoms. The molecule has 1 aliphatic heterocycles. The fourth-order valence-corrected chi connectivity index (χ4v) is 2.80. The van der Waals surface area contributed by atoms with E-state index in [0.717, 1.165) is 30.4 Å². The van der Waals surface area contributed by atoms with Crippen LogP contribution in [0.2, 0.25) is 0 Å². The van der Waals surface area contributed by atoms with Crippen LogP contribution in [-0.2, 0) is 4.79 Å². The summed E-state index contributed by atoms with van der Waals surface area (Å²) < 4.78 is 5.40. The van der Waals surface area contributed by atoms with Gasteiger partial charge >= 0.3 is 0 Å². The largest absolute Gasteiger partial charge is 0.494 e. The maximum absolute atomic E-state index is 12.3. The molecule has 1 fully saturated rings. The molecule has 1 aliphatic rings. The predicted molar refractivity (Wildman–Crippen MR) is 84.8 cm³/mol. The molecule has 2 rings (SSSR count). The molecule has 1 heterocycles. The lowest BCUT2D eigenvalue weighted by Crippen LogP contribution is -3.17. The topological polar surface area (TPSA) is 42.8 Å². The highest BCUT2D eigenvalue weighted by Gasteiger charge is 2.28. The van der Waals surface area contributed by atoms with Crippen LogP contribution >= 0.6 is 0 Å². The normalized spacial score (nSPS) is 23.4. The number of benzene rings is 1. The Morgan fingerprint density at radius 3 is 2.52 bits per heavy atom. The van der Waals surface area contributed by atoms with Crippen molar-refractivity contribution in [1.29, 1.82) is 0 Å². The summed E-state index contributed by atoms with van der Waals surface area (Å²) >= 11 is 0. The molecule has 0 saturated carbocycles. The van der Waals surface area contributed by atoms with Gasteiger partial charge in [-0.15, -0.1) is 0 Å². The predicted octanol–water partition coefficient (Wildman–Crippen LogP) is 1.73. The van der Waals surface area contributed by atoms with Crippen molar-refractivity contribution in [3.8, 4) is 5.75 Å². The number of hydrogen-bond acceptors (Lipinski definition) is 2. The number of nitrogens with one attached hydrogen (secondary N) is 2. The second-order valence-electron chi connectivity index (χ2n) is 6.01. The zero-order chi connectivity index (χ0) is 15.2. The number of anilines is 1. The summed E-state index contributed by atoms with van der Waals surface area (Å²) in [5.74, 6) is 1.73. The van der Waals surface area contributed by atoms with Crippen molar-refractivity contribution in [1.82, 2.24) is 0 Å². The first-order valence-electron chi connectivity index (χ1n) is 7.98. The summed E-state index contributed by atoms with van der Waals surface area (Å²) in [4.78, 5) is 13.7. The number of quaternary nitrogens is 1. The van der Waals surface area contributed by atoms with Gasteiger partial charge in [-0.1, -0.05) is 6.92 Å². The number of amides is 1. The monoisotopic (exact) mass is 291 g/mol. The van der Waals surface area contributed by atoms with Crippen LogP contribution in [-0.4, -0.2) is 31.6 Å². The minimum Gasteiger partial charge on any atom is -0.494 e. The molecule has 4 nitrogen and oxygen atoms in total. The molecule has 4 heteroatoms. The van der Waals surface area contributed by atoms with E-state index in [1.165, 1.54) is 17.7 Å². The van der Waals surface area contributed by atoms with E-state index in [9.17, 15) is 4.79 Å². The molecule has 0 aromatic heterocycles. The van der Waals surface area contributed by atoms with Gasteiger partial charge in [-0.2, -0.15) is 0 Å². The summed E-state index contributed by atoms with van der Waals surface area (Å²) in [7, 11) is 0. The molecule has 0 unspecified atom stereocenters. The number of hydrogen-bond donors (Lipinski definition) is 2. The molecule has 2 N–H and O–H groups in total. The smallest absolute Gasteiger partial charge is 0.282 e. The lowest BCUT2D eigenvalue weighted by molar-refractivity contribution is -0.919. The van der Waals surface area contributed by atoms with E-state index in [-0.39, 0.29) is 11.9 Å². The highest BCUT2D eigenvalue weighted by Crippen LogP contribution is 2.15. The van der Waals surface area contributed by atoms with Gasteiger partial charge in [0.25, 0.3) is 5.91 Å². The molecular formula is C17H27N2O2+. The Labute approximate surface area is 127 Å². The lowest BCUT2D eigenvalue weighted by Gasteiger charge is -2.31. The second kappa shape index (κ2) is 7.46. The minimum absolute atomic E-state index is 0.00377. The number of rotatable bonds is 5. The average molecular weight is 291 g/mol. The van der Waals surface area contributed by atoms with Crippen LogP contribution in [0.15, 0.2) is 24.3 Å². The van der Waals surface area contributed by atoms with E-state index < -0.39 is 0 Å². The van der Waals surface area contributed by atoms with Gasteiger partial charge in [-0.05, 0) is 56.9 Å². The van der Waals surface area contributed by atoms with E-state index in [4.69, 9.17) is 4.74 Å². The molecule has 0 bridgehead atoms. The van der Waals surface area contributed by atoms with Crippen molar-refractivity contribution in [2.45, 2.75) is 39.7 Å². The van der Waals surface area contributed by atoms with Crippen LogP contribution < -0.4 is 15.0 Å². The number of carbonyl (C=O) groups is 1. The molecule has 116 valence electrons. The second-order valence-corrected chi connectivity index (χ2v) is 6.01. The van der Waals surface area contributed by atoms with Crippen LogP contribution in [0, 0.1) is 5.92 Å². The summed E-state index contributed by atoms with van der Waals surface area (Å²) in [5.41, 5.74) is 0.833. The third-order valence-corrected chi connectivity index (χ3v) is 4.36. The van der Waals surface area contributed by atoms with Crippen molar-refractivity contribution in [3.05, 3.63) is 24.3 Å². The standard InChI is InChI=1S/C17H26N2O2/c1-4-21-16-7-5-15(6-8-16)18-17(20)14(3)19-11-9-13(2)10-12-19/h5-8,13-14H,4,9-12H2,1-3H3,(H,18,20)/p+1/t14-/m0/s1. The minimum atomic E-state index is 0.00377. The summed E-state index contributed by atoms with van der Waals surface area (Å²) in [6.45, 7) is 9.12. The van der Waals surface area contributed by atoms with E-state index in [2.05, 4.69) is 12.2 Å². The first kappa shape index (κ1) is 15.8. The third-order valence-electron chi connectivity index (χ3n) is 4.36. The molecule has 1 atom stereocenters. The molecule has 1 aromatic rings. The van der Waals surface area contributed by atoms with Crippen LogP contribution in [0.25, 0.3) is 0 Å². The number of piperidine rings is 1. The van der Waals surface area contributed by atoms with Gasteiger partial charge in [0, 0.05) is 5.69 Å². The van der Waals surface area contributed by atoms with Gasteiger partial charge in [-0.3, -0.25) is 4.79 Å². The van der Waals surface area contributed by atoms with Gasteiger partial charge in [0.15, 0.2) is 6.04 Å². The van der Waals surface area contributed by atoms with E-state index in [0.29, 0.717) is 6.61 Å². The first-order chi connectivity index (χ1) is 10.1. The zero-order valence-corrected chi connectivity index (χ0v) is 13.3. The van der Waals surface area contributed by atoms with Crippen molar-refractivity contribution in [3.63, 3.8) is 0 Å². The Hall–Kier alpha value is -1.55. The fourth-order valence-electron chi connectivity index (χ4n) is 2.80. The molecule has 21 heavy (non-hydrogen) atoms. The Morgan fingerprint density at radius 2 is 1.95 bits per heavy atom. The molecule has 1 amide bonds. The van der Waals surface area contributed by atoms with E-state index >= 15 is 0 Å². The van der Waals surface area contributed by atoms with Crippen LogP contribution in [0.5, 0.6) is 5.75 Å². The van der Waals surface area contributed by atoms with Crippen molar-refractivity contribution in [2.24, 2.45) is 5.92 Å². The van der Waals surface area contributed by atoms with Crippen LogP contribution in [0.3, 0.4) is 0 Å². The maximum atomic E-state index is 12.3.